The molecule has 1 aliphatic heterocycles. The predicted molar refractivity (Wildman–Crippen MR) is 86.3 cm³/mol. The Morgan fingerprint density at radius 1 is 1.25 bits per heavy atom. The summed E-state index contributed by atoms with van der Waals surface area (Å²) in [6.07, 6.45) is 6.74. The van der Waals surface area contributed by atoms with Gasteiger partial charge in [-0.1, -0.05) is 25.7 Å². The highest BCUT2D eigenvalue weighted by Gasteiger charge is 2.35. The second-order valence-electron chi connectivity index (χ2n) is 6.67. The van der Waals surface area contributed by atoms with Crippen LogP contribution in [0.15, 0.2) is 4.42 Å². The first-order chi connectivity index (χ1) is 11.6. The van der Waals surface area contributed by atoms with Gasteiger partial charge in [0.15, 0.2) is 0 Å². The number of carbonyl (C=O) groups excluding carboxylic acids is 1. The molecule has 1 saturated carbocycles. The van der Waals surface area contributed by atoms with Gasteiger partial charge in [0, 0.05) is 13.5 Å². The third-order valence-electron chi connectivity index (χ3n) is 4.78. The summed E-state index contributed by atoms with van der Waals surface area (Å²) in [6.45, 7) is 5.00. The number of morpholine rings is 1. The van der Waals surface area contributed by atoms with Gasteiger partial charge in [-0.25, -0.2) is 0 Å². The Balaban J connectivity index is 1.64. The Hall–Kier alpha value is -1.47. The lowest BCUT2D eigenvalue weighted by molar-refractivity contribution is -0.156. The zero-order valence-electron chi connectivity index (χ0n) is 14.6. The van der Waals surface area contributed by atoms with Gasteiger partial charge >= 0.3 is 0 Å². The minimum atomic E-state index is -0.460. The van der Waals surface area contributed by atoms with E-state index < -0.39 is 6.10 Å². The minimum absolute atomic E-state index is 0.0246. The number of aromatic nitrogens is 2. The van der Waals surface area contributed by atoms with Gasteiger partial charge in [0.1, 0.15) is 12.1 Å². The van der Waals surface area contributed by atoms with Gasteiger partial charge in [-0.05, 0) is 19.8 Å². The SMILES string of the molecule is Cc1nnc(C2COCCN2C(=O)C(C)OC2CCCCCC2)o1. The van der Waals surface area contributed by atoms with Crippen LogP contribution in [0.3, 0.4) is 0 Å². The fourth-order valence-electron chi connectivity index (χ4n) is 3.48. The van der Waals surface area contributed by atoms with E-state index in [4.69, 9.17) is 13.9 Å². The molecule has 2 atom stereocenters. The van der Waals surface area contributed by atoms with Crippen molar-refractivity contribution in [1.82, 2.24) is 15.1 Å². The van der Waals surface area contributed by atoms with E-state index in [2.05, 4.69) is 10.2 Å². The van der Waals surface area contributed by atoms with Crippen LogP contribution in [-0.4, -0.2) is 53.0 Å². The number of hydrogen-bond acceptors (Lipinski definition) is 6. The van der Waals surface area contributed by atoms with Crippen molar-refractivity contribution in [2.45, 2.75) is 70.6 Å². The summed E-state index contributed by atoms with van der Waals surface area (Å²) in [5.41, 5.74) is 0. The molecular weight excluding hydrogens is 310 g/mol. The molecule has 0 spiro atoms. The van der Waals surface area contributed by atoms with Gasteiger partial charge in [-0.2, -0.15) is 0 Å². The smallest absolute Gasteiger partial charge is 0.252 e. The van der Waals surface area contributed by atoms with Crippen LogP contribution in [0.1, 0.15) is 63.3 Å². The maximum absolute atomic E-state index is 12.9. The number of hydrogen-bond donors (Lipinski definition) is 0. The quantitative estimate of drug-likeness (QED) is 0.785. The number of amides is 1. The summed E-state index contributed by atoms with van der Waals surface area (Å²) in [5, 5.41) is 7.92. The number of aryl methyl sites for hydroxylation is 1. The summed E-state index contributed by atoms with van der Waals surface area (Å²) >= 11 is 0. The van der Waals surface area contributed by atoms with Crippen molar-refractivity contribution in [1.29, 1.82) is 0 Å². The van der Waals surface area contributed by atoms with Crippen molar-refractivity contribution in [3.63, 3.8) is 0 Å². The summed E-state index contributed by atoms with van der Waals surface area (Å²) in [4.78, 5) is 14.7. The second kappa shape index (κ2) is 8.07. The lowest BCUT2D eigenvalue weighted by atomic mass is 10.1. The van der Waals surface area contributed by atoms with Crippen molar-refractivity contribution in [2.75, 3.05) is 19.8 Å². The number of rotatable bonds is 4. The van der Waals surface area contributed by atoms with Crippen LogP contribution >= 0.6 is 0 Å². The molecule has 134 valence electrons. The molecule has 3 rings (SSSR count). The normalized spacial score (nSPS) is 24.6. The van der Waals surface area contributed by atoms with Gasteiger partial charge in [-0.3, -0.25) is 4.79 Å². The second-order valence-corrected chi connectivity index (χ2v) is 6.67. The average molecular weight is 337 g/mol. The van der Waals surface area contributed by atoms with Crippen LogP contribution < -0.4 is 0 Å². The van der Waals surface area contributed by atoms with E-state index >= 15 is 0 Å². The van der Waals surface area contributed by atoms with Crippen molar-refractivity contribution < 1.29 is 18.7 Å². The Kier molecular flexibility index (Phi) is 5.84. The van der Waals surface area contributed by atoms with E-state index in [0.717, 1.165) is 12.8 Å². The summed E-state index contributed by atoms with van der Waals surface area (Å²) in [7, 11) is 0. The highest BCUT2D eigenvalue weighted by molar-refractivity contribution is 5.81. The van der Waals surface area contributed by atoms with Crippen LogP contribution in [0.25, 0.3) is 0 Å². The van der Waals surface area contributed by atoms with Crippen LogP contribution in [0, 0.1) is 6.92 Å². The molecule has 0 aromatic carbocycles. The van der Waals surface area contributed by atoms with Crippen molar-refractivity contribution in [3.8, 4) is 0 Å². The molecule has 7 nitrogen and oxygen atoms in total. The van der Waals surface area contributed by atoms with E-state index in [1.54, 1.807) is 11.8 Å². The Bertz CT molecular complexity index is 540. The summed E-state index contributed by atoms with van der Waals surface area (Å²) < 4.78 is 17.1. The number of ether oxygens (including phenoxy) is 2. The molecule has 2 fully saturated rings. The Labute approximate surface area is 142 Å². The van der Waals surface area contributed by atoms with Crippen LogP contribution in [0.2, 0.25) is 0 Å². The molecule has 7 heteroatoms. The van der Waals surface area contributed by atoms with Gasteiger partial charge < -0.3 is 18.8 Å². The van der Waals surface area contributed by atoms with Crippen molar-refractivity contribution in [3.05, 3.63) is 11.8 Å². The zero-order valence-corrected chi connectivity index (χ0v) is 14.6. The molecule has 2 unspecified atom stereocenters. The number of carbonyl (C=O) groups is 1. The largest absolute Gasteiger partial charge is 0.423 e. The van der Waals surface area contributed by atoms with Gasteiger partial charge in [0.05, 0.1) is 19.3 Å². The van der Waals surface area contributed by atoms with E-state index in [9.17, 15) is 4.79 Å². The first-order valence-electron chi connectivity index (χ1n) is 8.99. The molecule has 0 N–H and O–H groups in total. The highest BCUT2D eigenvalue weighted by Crippen LogP contribution is 2.26. The zero-order chi connectivity index (χ0) is 16.9. The molecule has 1 aromatic heterocycles. The fourth-order valence-corrected chi connectivity index (χ4v) is 3.48. The van der Waals surface area contributed by atoms with Gasteiger partial charge in [0.2, 0.25) is 11.8 Å². The molecule has 0 radical (unpaired) electrons. The predicted octanol–water partition coefficient (Wildman–Crippen LogP) is 2.41. The third kappa shape index (κ3) is 4.13. The topological polar surface area (TPSA) is 77.7 Å². The highest BCUT2D eigenvalue weighted by atomic mass is 16.5. The summed E-state index contributed by atoms with van der Waals surface area (Å²) in [5.74, 6) is 0.899. The maximum atomic E-state index is 12.9. The molecule has 0 bridgehead atoms. The van der Waals surface area contributed by atoms with Crippen LogP contribution in [0.5, 0.6) is 0 Å². The standard InChI is InChI=1S/C17H27N3O4/c1-12(23-14-7-5-3-4-6-8-14)17(21)20-9-10-22-11-15(20)16-19-18-13(2)24-16/h12,14-15H,3-11H2,1-2H3. The third-order valence-corrected chi connectivity index (χ3v) is 4.78. The monoisotopic (exact) mass is 337 g/mol. The molecule has 1 amide bonds. The molecule has 2 heterocycles. The molecule has 24 heavy (non-hydrogen) atoms. The maximum Gasteiger partial charge on any atom is 0.252 e. The molecular formula is C17H27N3O4. The first kappa shape index (κ1) is 17.4. The van der Waals surface area contributed by atoms with E-state index in [-0.39, 0.29) is 18.1 Å². The minimum Gasteiger partial charge on any atom is -0.423 e. The molecule has 1 saturated heterocycles. The van der Waals surface area contributed by atoms with Crippen LogP contribution in [0.4, 0.5) is 0 Å². The fraction of sp³-hybridized carbons (Fsp3) is 0.824. The van der Waals surface area contributed by atoms with E-state index in [0.29, 0.717) is 31.5 Å². The van der Waals surface area contributed by atoms with E-state index in [1.165, 1.54) is 25.7 Å². The van der Waals surface area contributed by atoms with Crippen molar-refractivity contribution in [2.24, 2.45) is 0 Å². The van der Waals surface area contributed by atoms with Gasteiger partial charge in [-0.15, -0.1) is 10.2 Å². The Morgan fingerprint density at radius 3 is 2.67 bits per heavy atom. The lowest BCUT2D eigenvalue weighted by Gasteiger charge is -2.35. The Morgan fingerprint density at radius 2 is 2.00 bits per heavy atom. The lowest BCUT2D eigenvalue weighted by Crippen LogP contribution is -2.48. The average Bonchev–Trinajstić information content (AvgIpc) is 2.86. The number of nitrogens with zero attached hydrogens (tertiary/aromatic N) is 3. The molecule has 2 aliphatic rings. The van der Waals surface area contributed by atoms with Crippen LogP contribution in [-0.2, 0) is 14.3 Å². The van der Waals surface area contributed by atoms with Crippen molar-refractivity contribution >= 4 is 5.91 Å². The molecule has 1 aliphatic carbocycles. The van der Waals surface area contributed by atoms with E-state index in [1.807, 2.05) is 6.92 Å². The summed E-state index contributed by atoms with van der Waals surface area (Å²) in [6, 6.07) is -0.326. The first-order valence-corrected chi connectivity index (χ1v) is 8.99. The van der Waals surface area contributed by atoms with Gasteiger partial charge in [0.25, 0.3) is 5.91 Å². The molecule has 1 aromatic rings.